The summed E-state index contributed by atoms with van der Waals surface area (Å²) in [5.74, 6) is 0. The van der Waals surface area contributed by atoms with Gasteiger partial charge in [0.2, 0.25) is 0 Å². The lowest BCUT2D eigenvalue weighted by molar-refractivity contribution is 1.31. The average molecular weight is 800 g/mol. The maximum Gasteiger partial charge on any atom is 0.0540 e. The Bertz CT molecular complexity index is 3520. The number of hydrogen-bond acceptors (Lipinski definition) is 1. The van der Waals surface area contributed by atoms with Crippen LogP contribution in [0.4, 0.5) is 17.1 Å². The lowest BCUT2D eigenvalue weighted by Crippen LogP contribution is -2.11. The molecule has 1 nitrogen and oxygen atoms in total. The zero-order chi connectivity index (χ0) is 41.7. The molecule has 294 valence electrons. The number of anilines is 3. The van der Waals surface area contributed by atoms with E-state index in [1.807, 2.05) is 0 Å². The van der Waals surface area contributed by atoms with E-state index < -0.39 is 0 Å². The highest BCUT2D eigenvalue weighted by atomic mass is 15.1. The Hall–Kier alpha value is -8.26. The van der Waals surface area contributed by atoms with Crippen molar-refractivity contribution in [1.29, 1.82) is 0 Å². The molecule has 0 spiro atoms. The first-order valence-corrected chi connectivity index (χ1v) is 21.7. The van der Waals surface area contributed by atoms with Gasteiger partial charge < -0.3 is 4.90 Å². The van der Waals surface area contributed by atoms with E-state index in [1.165, 1.54) is 98.4 Å². The van der Waals surface area contributed by atoms with Crippen LogP contribution in [-0.2, 0) is 0 Å². The maximum absolute atomic E-state index is 2.44. The molecular formula is C62H41N. The quantitative estimate of drug-likeness (QED) is 0.145. The fourth-order valence-corrected chi connectivity index (χ4v) is 9.84. The molecule has 0 heterocycles. The molecule has 0 aliphatic rings. The largest absolute Gasteiger partial charge is 0.309 e. The molecule has 0 aliphatic heterocycles. The number of benzene rings is 12. The zero-order valence-electron chi connectivity index (χ0n) is 34.6. The van der Waals surface area contributed by atoms with Crippen molar-refractivity contribution in [3.8, 4) is 44.5 Å². The predicted molar refractivity (Wildman–Crippen MR) is 270 cm³/mol. The summed E-state index contributed by atoms with van der Waals surface area (Å²) in [6, 6.07) is 91.2. The Balaban J connectivity index is 1.10. The van der Waals surface area contributed by atoms with Crippen molar-refractivity contribution in [3.63, 3.8) is 0 Å². The van der Waals surface area contributed by atoms with Crippen molar-refractivity contribution in [1.82, 2.24) is 0 Å². The minimum Gasteiger partial charge on any atom is -0.309 e. The second kappa shape index (κ2) is 15.3. The summed E-state index contributed by atoms with van der Waals surface area (Å²) >= 11 is 0. The molecule has 0 atom stereocenters. The first-order chi connectivity index (χ1) is 31.2. The van der Waals surface area contributed by atoms with Gasteiger partial charge in [0, 0.05) is 16.5 Å². The van der Waals surface area contributed by atoms with E-state index in [1.54, 1.807) is 0 Å². The third-order valence-electron chi connectivity index (χ3n) is 12.8. The Labute approximate surface area is 367 Å². The lowest BCUT2D eigenvalue weighted by atomic mass is 9.83. The first-order valence-electron chi connectivity index (χ1n) is 21.7. The van der Waals surface area contributed by atoms with Gasteiger partial charge in [-0.25, -0.2) is 0 Å². The predicted octanol–water partition coefficient (Wildman–Crippen LogP) is 17.6. The van der Waals surface area contributed by atoms with E-state index >= 15 is 0 Å². The van der Waals surface area contributed by atoms with Gasteiger partial charge >= 0.3 is 0 Å². The number of nitrogens with zero attached hydrogens (tertiary/aromatic N) is 1. The normalized spacial score (nSPS) is 11.5. The van der Waals surface area contributed by atoms with Gasteiger partial charge in [-0.05, 0) is 142 Å². The van der Waals surface area contributed by atoms with Crippen molar-refractivity contribution in [2.45, 2.75) is 0 Å². The molecule has 12 aromatic rings. The highest BCUT2D eigenvalue weighted by molar-refractivity contribution is 6.24. The Morgan fingerprint density at radius 3 is 1.08 bits per heavy atom. The van der Waals surface area contributed by atoms with Crippen LogP contribution < -0.4 is 4.90 Å². The van der Waals surface area contributed by atoms with Crippen LogP contribution in [0.15, 0.2) is 249 Å². The van der Waals surface area contributed by atoms with Crippen LogP contribution in [0.3, 0.4) is 0 Å². The van der Waals surface area contributed by atoms with Crippen LogP contribution in [0.25, 0.3) is 98.4 Å². The van der Waals surface area contributed by atoms with E-state index in [2.05, 4.69) is 254 Å². The van der Waals surface area contributed by atoms with Gasteiger partial charge in [0.1, 0.15) is 0 Å². The van der Waals surface area contributed by atoms with Crippen molar-refractivity contribution in [3.05, 3.63) is 249 Å². The topological polar surface area (TPSA) is 3.24 Å². The molecule has 0 bridgehead atoms. The lowest BCUT2D eigenvalue weighted by Gasteiger charge is -2.28. The van der Waals surface area contributed by atoms with Gasteiger partial charge in [0.05, 0.1) is 11.4 Å². The molecule has 0 saturated carbocycles. The Morgan fingerprint density at radius 1 is 0.206 bits per heavy atom. The molecule has 0 amide bonds. The SMILES string of the molecule is c1ccc(-c2cc(-c3ccccc3)cc(-c3c4ccccc4c(-c4ccc(N(c5cccc6ccccc56)c5cccc6ccccc56)cc4)c4cc5ccccc5cc34)c2)cc1. The summed E-state index contributed by atoms with van der Waals surface area (Å²) in [5, 5.41) is 12.2. The highest BCUT2D eigenvalue weighted by Gasteiger charge is 2.21. The molecule has 0 saturated heterocycles. The van der Waals surface area contributed by atoms with Crippen molar-refractivity contribution in [2.75, 3.05) is 4.90 Å². The highest BCUT2D eigenvalue weighted by Crippen LogP contribution is 2.48. The molecule has 63 heavy (non-hydrogen) atoms. The third kappa shape index (κ3) is 6.42. The van der Waals surface area contributed by atoms with E-state index in [0.717, 1.165) is 17.1 Å². The van der Waals surface area contributed by atoms with Gasteiger partial charge in [-0.3, -0.25) is 0 Å². The molecule has 0 aliphatic carbocycles. The van der Waals surface area contributed by atoms with Crippen molar-refractivity contribution < 1.29 is 0 Å². The van der Waals surface area contributed by atoms with Gasteiger partial charge in [0.25, 0.3) is 0 Å². The monoisotopic (exact) mass is 799 g/mol. The summed E-state index contributed by atoms with van der Waals surface area (Å²) < 4.78 is 0. The second-order valence-corrected chi connectivity index (χ2v) is 16.5. The van der Waals surface area contributed by atoms with Crippen molar-refractivity contribution in [2.24, 2.45) is 0 Å². The Kier molecular flexibility index (Phi) is 8.90. The summed E-state index contributed by atoms with van der Waals surface area (Å²) in [5.41, 5.74) is 13.1. The Morgan fingerprint density at radius 2 is 0.587 bits per heavy atom. The molecule has 0 N–H and O–H groups in total. The third-order valence-corrected chi connectivity index (χ3v) is 12.8. The second-order valence-electron chi connectivity index (χ2n) is 16.5. The number of hydrogen-bond donors (Lipinski definition) is 0. The first kappa shape index (κ1) is 36.6. The van der Waals surface area contributed by atoms with Crippen LogP contribution in [0, 0.1) is 0 Å². The van der Waals surface area contributed by atoms with Crippen molar-refractivity contribution >= 4 is 70.9 Å². The minimum atomic E-state index is 1.10. The standard InChI is InChI=1S/C62H41N/c1-3-17-42(18-4-1)49-37-50(43-19-5-2-6-20-43)39-51(38-49)62-56-30-14-13-29-55(56)61(57-40-47-23-7-8-24-48(47)41-58(57)62)46-33-35-52(36-34-46)63(59-31-15-25-44-21-9-11-27-53(44)59)60-32-16-26-45-22-10-12-28-54(45)60/h1-41H. The van der Waals surface area contributed by atoms with Gasteiger partial charge in [-0.1, -0.05) is 194 Å². The van der Waals surface area contributed by atoms with E-state index in [0.29, 0.717) is 0 Å². The minimum absolute atomic E-state index is 1.10. The molecule has 12 aromatic carbocycles. The fourth-order valence-electron chi connectivity index (χ4n) is 9.84. The van der Waals surface area contributed by atoms with Gasteiger partial charge in [-0.2, -0.15) is 0 Å². The summed E-state index contributed by atoms with van der Waals surface area (Å²) in [6.07, 6.45) is 0. The number of rotatable bonds is 7. The van der Waals surface area contributed by atoms with Gasteiger partial charge in [0.15, 0.2) is 0 Å². The summed E-state index contributed by atoms with van der Waals surface area (Å²) in [6.45, 7) is 0. The summed E-state index contributed by atoms with van der Waals surface area (Å²) in [4.78, 5) is 2.44. The van der Waals surface area contributed by atoms with Crippen LogP contribution in [0.2, 0.25) is 0 Å². The van der Waals surface area contributed by atoms with Gasteiger partial charge in [-0.15, -0.1) is 0 Å². The fraction of sp³-hybridized carbons (Fsp3) is 0. The zero-order valence-corrected chi connectivity index (χ0v) is 34.6. The summed E-state index contributed by atoms with van der Waals surface area (Å²) in [7, 11) is 0. The molecule has 0 aromatic heterocycles. The maximum atomic E-state index is 2.44. The molecule has 0 unspecified atom stereocenters. The van der Waals surface area contributed by atoms with E-state index in [9.17, 15) is 0 Å². The molecule has 0 fully saturated rings. The van der Waals surface area contributed by atoms with Crippen LogP contribution in [-0.4, -0.2) is 0 Å². The average Bonchev–Trinajstić information content (AvgIpc) is 3.36. The smallest absolute Gasteiger partial charge is 0.0540 e. The molecular weight excluding hydrogens is 759 g/mol. The van der Waals surface area contributed by atoms with Crippen LogP contribution in [0.5, 0.6) is 0 Å². The van der Waals surface area contributed by atoms with Crippen LogP contribution >= 0.6 is 0 Å². The number of fused-ring (bicyclic) bond motifs is 5. The van der Waals surface area contributed by atoms with E-state index in [4.69, 9.17) is 0 Å². The molecule has 0 radical (unpaired) electrons. The van der Waals surface area contributed by atoms with E-state index in [-0.39, 0.29) is 0 Å². The molecule has 1 heteroatoms. The molecule has 12 rings (SSSR count). The van der Waals surface area contributed by atoms with Crippen LogP contribution in [0.1, 0.15) is 0 Å².